The zero-order chi connectivity index (χ0) is 24.1. The quantitative estimate of drug-likeness (QED) is 0.357. The molecule has 3 aromatic rings. The minimum Gasteiger partial charge on any atom is -0.493 e. The Balaban J connectivity index is 1.47. The van der Waals surface area contributed by atoms with Crippen molar-refractivity contribution in [3.05, 3.63) is 89.1 Å². The van der Waals surface area contributed by atoms with Gasteiger partial charge in [-0.1, -0.05) is 60.4 Å². The molecular formula is C25H19FN2O4S2. The first kappa shape index (κ1) is 23.5. The van der Waals surface area contributed by atoms with Crippen LogP contribution in [0, 0.1) is 5.82 Å². The molecule has 1 fully saturated rings. The maximum absolute atomic E-state index is 14.2. The number of anilines is 2. The minimum atomic E-state index is -0.528. The molecule has 1 saturated heterocycles. The van der Waals surface area contributed by atoms with Gasteiger partial charge in [0.05, 0.1) is 17.7 Å². The molecule has 0 spiro atoms. The van der Waals surface area contributed by atoms with Gasteiger partial charge in [0.25, 0.3) is 11.8 Å². The SMILES string of the molecule is COc1cc(/C=C2/SC(=S)N(c3ccccc3F)C2=O)ccc1OCC(=O)Nc1ccccc1. The van der Waals surface area contributed by atoms with E-state index in [2.05, 4.69) is 5.32 Å². The Kier molecular flexibility index (Phi) is 7.24. The van der Waals surface area contributed by atoms with Crippen molar-refractivity contribution in [2.24, 2.45) is 0 Å². The van der Waals surface area contributed by atoms with Crippen LogP contribution < -0.4 is 19.7 Å². The van der Waals surface area contributed by atoms with Crippen molar-refractivity contribution in [1.82, 2.24) is 0 Å². The summed E-state index contributed by atoms with van der Waals surface area (Å²) in [5.41, 5.74) is 1.45. The second-order valence-corrected chi connectivity index (χ2v) is 8.76. The van der Waals surface area contributed by atoms with Gasteiger partial charge in [-0.2, -0.15) is 0 Å². The lowest BCUT2D eigenvalue weighted by atomic mass is 10.1. The number of carbonyl (C=O) groups excluding carboxylic acids is 2. The maximum atomic E-state index is 14.2. The molecule has 0 saturated carbocycles. The van der Waals surface area contributed by atoms with Crippen molar-refractivity contribution in [2.75, 3.05) is 23.9 Å². The summed E-state index contributed by atoms with van der Waals surface area (Å²) in [6, 6.07) is 20.1. The molecule has 3 aromatic carbocycles. The summed E-state index contributed by atoms with van der Waals surface area (Å²) in [4.78, 5) is 26.6. The lowest BCUT2D eigenvalue weighted by Gasteiger charge is -2.15. The number of rotatable bonds is 7. The zero-order valence-electron chi connectivity index (χ0n) is 18.0. The fourth-order valence-electron chi connectivity index (χ4n) is 3.21. The molecule has 1 N–H and O–H groups in total. The van der Waals surface area contributed by atoms with Crippen molar-refractivity contribution in [3.8, 4) is 11.5 Å². The van der Waals surface area contributed by atoms with E-state index in [0.717, 1.165) is 11.8 Å². The van der Waals surface area contributed by atoms with Crippen LogP contribution in [0.1, 0.15) is 5.56 Å². The summed E-state index contributed by atoms with van der Waals surface area (Å²) in [6.45, 7) is -0.202. The number of halogens is 1. The summed E-state index contributed by atoms with van der Waals surface area (Å²) in [7, 11) is 1.48. The molecule has 0 aliphatic carbocycles. The molecule has 0 radical (unpaired) electrons. The Hall–Kier alpha value is -3.69. The number of nitrogens with one attached hydrogen (secondary N) is 1. The van der Waals surface area contributed by atoms with E-state index in [1.54, 1.807) is 48.5 Å². The molecule has 0 unspecified atom stereocenters. The largest absolute Gasteiger partial charge is 0.493 e. The zero-order valence-corrected chi connectivity index (χ0v) is 19.6. The van der Waals surface area contributed by atoms with Gasteiger partial charge in [0, 0.05) is 5.69 Å². The highest BCUT2D eigenvalue weighted by Crippen LogP contribution is 2.38. The van der Waals surface area contributed by atoms with Crippen molar-refractivity contribution < 1.29 is 23.5 Å². The molecule has 4 rings (SSSR count). The first-order chi connectivity index (χ1) is 16.5. The van der Waals surface area contributed by atoms with E-state index >= 15 is 0 Å². The van der Waals surface area contributed by atoms with Gasteiger partial charge in [0.1, 0.15) is 5.82 Å². The van der Waals surface area contributed by atoms with Crippen molar-refractivity contribution in [1.29, 1.82) is 0 Å². The van der Waals surface area contributed by atoms with E-state index in [1.807, 2.05) is 18.2 Å². The topological polar surface area (TPSA) is 67.9 Å². The third-order valence-electron chi connectivity index (χ3n) is 4.79. The third kappa shape index (κ3) is 5.27. The van der Waals surface area contributed by atoms with Crippen LogP contribution in [-0.4, -0.2) is 29.9 Å². The van der Waals surface area contributed by atoms with Gasteiger partial charge in [0.15, 0.2) is 22.4 Å². The number of para-hydroxylation sites is 2. The first-order valence-electron chi connectivity index (χ1n) is 10.1. The summed E-state index contributed by atoms with van der Waals surface area (Å²) in [6.07, 6.45) is 1.65. The van der Waals surface area contributed by atoms with Crippen molar-refractivity contribution >= 4 is 57.6 Å². The molecule has 0 atom stereocenters. The summed E-state index contributed by atoms with van der Waals surface area (Å²) in [5.74, 6) is -0.474. The second-order valence-electron chi connectivity index (χ2n) is 7.08. The predicted molar refractivity (Wildman–Crippen MR) is 136 cm³/mol. The highest BCUT2D eigenvalue weighted by molar-refractivity contribution is 8.27. The molecule has 0 aromatic heterocycles. The number of carbonyl (C=O) groups is 2. The van der Waals surface area contributed by atoms with Gasteiger partial charge < -0.3 is 14.8 Å². The van der Waals surface area contributed by atoms with Gasteiger partial charge >= 0.3 is 0 Å². The van der Waals surface area contributed by atoms with E-state index in [9.17, 15) is 14.0 Å². The van der Waals surface area contributed by atoms with Gasteiger partial charge in [0.2, 0.25) is 0 Å². The number of hydrogen-bond acceptors (Lipinski definition) is 6. The van der Waals surface area contributed by atoms with E-state index in [0.29, 0.717) is 27.7 Å². The Labute approximate surface area is 205 Å². The number of thiocarbonyl (C=S) groups is 1. The lowest BCUT2D eigenvalue weighted by molar-refractivity contribution is -0.118. The number of amides is 2. The van der Waals surface area contributed by atoms with Gasteiger partial charge in [-0.3, -0.25) is 14.5 Å². The Morgan fingerprint density at radius 1 is 1.09 bits per heavy atom. The Morgan fingerprint density at radius 2 is 1.82 bits per heavy atom. The number of nitrogens with zero attached hydrogens (tertiary/aromatic N) is 1. The predicted octanol–water partition coefficient (Wildman–Crippen LogP) is 5.26. The van der Waals surface area contributed by atoms with Gasteiger partial charge in [-0.05, 0) is 48.0 Å². The summed E-state index contributed by atoms with van der Waals surface area (Å²) >= 11 is 6.40. The number of thioether (sulfide) groups is 1. The average Bonchev–Trinajstić information content (AvgIpc) is 3.11. The smallest absolute Gasteiger partial charge is 0.270 e. The average molecular weight is 495 g/mol. The fraction of sp³-hybridized carbons (Fsp3) is 0.0800. The first-order valence-corrected chi connectivity index (χ1v) is 11.4. The summed E-state index contributed by atoms with van der Waals surface area (Å²) < 4.78 is 25.4. The molecule has 1 heterocycles. The molecule has 1 aliphatic heterocycles. The monoisotopic (exact) mass is 494 g/mol. The maximum Gasteiger partial charge on any atom is 0.270 e. The van der Waals surface area contributed by atoms with Crippen LogP contribution in [0.4, 0.5) is 15.8 Å². The van der Waals surface area contributed by atoms with E-state index in [-0.39, 0.29) is 22.5 Å². The van der Waals surface area contributed by atoms with Crippen LogP contribution in [-0.2, 0) is 9.59 Å². The standard InChI is InChI=1S/C25H19FN2O4S2/c1-31-21-13-16(11-12-20(21)32-15-23(29)27-17-7-3-2-4-8-17)14-22-24(30)28(25(33)34-22)19-10-6-5-9-18(19)26/h2-14H,15H2,1H3,(H,27,29)/b22-14+. The van der Waals surface area contributed by atoms with E-state index in [1.165, 1.54) is 24.1 Å². The van der Waals surface area contributed by atoms with Crippen LogP contribution in [0.3, 0.4) is 0 Å². The van der Waals surface area contributed by atoms with Gasteiger partial charge in [-0.25, -0.2) is 4.39 Å². The second kappa shape index (κ2) is 10.5. The Morgan fingerprint density at radius 3 is 2.56 bits per heavy atom. The van der Waals surface area contributed by atoms with Gasteiger partial charge in [-0.15, -0.1) is 0 Å². The molecule has 172 valence electrons. The highest BCUT2D eigenvalue weighted by atomic mass is 32.2. The number of benzene rings is 3. The fourth-order valence-corrected chi connectivity index (χ4v) is 4.50. The number of ether oxygens (including phenoxy) is 2. The molecule has 34 heavy (non-hydrogen) atoms. The summed E-state index contributed by atoms with van der Waals surface area (Å²) in [5, 5.41) is 2.74. The van der Waals surface area contributed by atoms with E-state index < -0.39 is 11.7 Å². The van der Waals surface area contributed by atoms with Crippen LogP contribution >= 0.6 is 24.0 Å². The number of hydrogen-bond donors (Lipinski definition) is 1. The normalized spacial score (nSPS) is 14.4. The molecule has 1 aliphatic rings. The van der Waals surface area contributed by atoms with Crippen LogP contribution in [0.15, 0.2) is 77.7 Å². The van der Waals surface area contributed by atoms with Crippen LogP contribution in [0.5, 0.6) is 11.5 Å². The molecule has 9 heteroatoms. The Bertz CT molecular complexity index is 1280. The molecule has 0 bridgehead atoms. The van der Waals surface area contributed by atoms with Crippen LogP contribution in [0.25, 0.3) is 6.08 Å². The minimum absolute atomic E-state index is 0.114. The molecular weight excluding hydrogens is 475 g/mol. The van der Waals surface area contributed by atoms with Crippen LogP contribution in [0.2, 0.25) is 0 Å². The van der Waals surface area contributed by atoms with E-state index in [4.69, 9.17) is 21.7 Å². The third-order valence-corrected chi connectivity index (χ3v) is 6.09. The highest BCUT2D eigenvalue weighted by Gasteiger charge is 2.34. The van der Waals surface area contributed by atoms with Crippen molar-refractivity contribution in [3.63, 3.8) is 0 Å². The van der Waals surface area contributed by atoms with Crippen molar-refractivity contribution in [2.45, 2.75) is 0 Å². The molecule has 2 amide bonds. The number of methoxy groups -OCH3 is 1. The lowest BCUT2D eigenvalue weighted by Crippen LogP contribution is -2.28. The molecule has 6 nitrogen and oxygen atoms in total.